The van der Waals surface area contributed by atoms with Crippen LogP contribution >= 0.6 is 11.6 Å². The number of nitrogens with one attached hydrogen (secondary N) is 3. The highest BCUT2D eigenvalue weighted by molar-refractivity contribution is 6.36. The SMILES string of the molecule is COCc1cc(C(=O)Nc2cccc(-c3cccc(NC(=O)c4nc5c(n4C)CCN(C)C5)c3Cl)c2C)ncc1CNC1CC(F)(F)C1. The first-order valence-corrected chi connectivity index (χ1v) is 16.1. The molecule has 10 nitrogen and oxygen atoms in total. The summed E-state index contributed by atoms with van der Waals surface area (Å²) in [5.41, 5.74) is 6.92. The second kappa shape index (κ2) is 13.7. The molecule has 3 N–H and O–H groups in total. The summed E-state index contributed by atoms with van der Waals surface area (Å²) in [6.07, 6.45) is 2.03. The smallest absolute Gasteiger partial charge is 0.291 e. The molecule has 0 radical (unpaired) electrons. The van der Waals surface area contributed by atoms with Crippen LogP contribution in [0.25, 0.3) is 11.1 Å². The van der Waals surface area contributed by atoms with E-state index in [-0.39, 0.29) is 37.1 Å². The average molecular weight is 678 g/mol. The number of amides is 2. The van der Waals surface area contributed by atoms with Crippen molar-refractivity contribution in [3.05, 3.63) is 93.3 Å². The molecule has 0 unspecified atom stereocenters. The highest BCUT2D eigenvalue weighted by atomic mass is 35.5. The predicted octanol–water partition coefficient (Wildman–Crippen LogP) is 5.97. The van der Waals surface area contributed by atoms with Gasteiger partial charge in [0.1, 0.15) is 5.69 Å². The number of hydrogen-bond donors (Lipinski definition) is 3. The lowest BCUT2D eigenvalue weighted by atomic mass is 9.88. The lowest BCUT2D eigenvalue weighted by Crippen LogP contribution is -2.48. The molecule has 4 aromatic rings. The number of hydrogen-bond acceptors (Lipinski definition) is 7. The molecule has 1 aliphatic heterocycles. The third-order valence-electron chi connectivity index (χ3n) is 9.06. The number of methoxy groups -OCH3 is 1. The quantitative estimate of drug-likeness (QED) is 0.190. The number of alkyl halides is 2. The molecule has 3 heterocycles. The number of imidazole rings is 1. The van der Waals surface area contributed by atoms with Gasteiger partial charge in [-0.25, -0.2) is 13.8 Å². The molecule has 2 aliphatic rings. The fourth-order valence-electron chi connectivity index (χ4n) is 6.28. The van der Waals surface area contributed by atoms with Gasteiger partial charge in [-0.2, -0.15) is 0 Å². The van der Waals surface area contributed by atoms with E-state index >= 15 is 0 Å². The lowest BCUT2D eigenvalue weighted by molar-refractivity contribution is -0.0930. The molecule has 252 valence electrons. The second-order valence-electron chi connectivity index (χ2n) is 12.5. The molecule has 48 heavy (non-hydrogen) atoms. The maximum absolute atomic E-state index is 13.4. The number of benzene rings is 2. The van der Waals surface area contributed by atoms with E-state index in [0.717, 1.165) is 46.6 Å². The molecule has 0 bridgehead atoms. The molecule has 2 aromatic carbocycles. The summed E-state index contributed by atoms with van der Waals surface area (Å²) in [6, 6.07) is 12.3. The zero-order valence-electron chi connectivity index (χ0n) is 27.3. The Hall–Kier alpha value is -4.23. The molecule has 0 atom stereocenters. The van der Waals surface area contributed by atoms with E-state index in [4.69, 9.17) is 16.3 Å². The number of nitrogens with zero attached hydrogens (tertiary/aromatic N) is 4. The summed E-state index contributed by atoms with van der Waals surface area (Å²) in [5.74, 6) is -3.04. The first-order valence-electron chi connectivity index (χ1n) is 15.8. The summed E-state index contributed by atoms with van der Waals surface area (Å²) in [4.78, 5) is 37.9. The largest absolute Gasteiger partial charge is 0.380 e. The van der Waals surface area contributed by atoms with Crippen molar-refractivity contribution in [1.82, 2.24) is 24.8 Å². The van der Waals surface area contributed by atoms with Crippen LogP contribution in [0, 0.1) is 6.92 Å². The third-order valence-corrected chi connectivity index (χ3v) is 9.46. The van der Waals surface area contributed by atoms with Crippen LogP contribution < -0.4 is 16.0 Å². The number of halogens is 3. The minimum Gasteiger partial charge on any atom is -0.380 e. The number of likely N-dealkylation sites (N-methyl/N-ethyl adjacent to an activating group) is 1. The number of ether oxygens (including phenoxy) is 1. The van der Waals surface area contributed by atoms with Crippen LogP contribution in [0.4, 0.5) is 20.2 Å². The van der Waals surface area contributed by atoms with Gasteiger partial charge in [-0.15, -0.1) is 0 Å². The van der Waals surface area contributed by atoms with Gasteiger partial charge in [0, 0.05) is 82.2 Å². The minimum atomic E-state index is -2.61. The second-order valence-corrected chi connectivity index (χ2v) is 12.9. The number of aromatic nitrogens is 3. The molecule has 13 heteroatoms. The Morgan fingerprint density at radius 3 is 2.48 bits per heavy atom. The van der Waals surface area contributed by atoms with E-state index in [1.54, 1.807) is 31.5 Å². The van der Waals surface area contributed by atoms with Gasteiger partial charge in [0.25, 0.3) is 17.7 Å². The Morgan fingerprint density at radius 1 is 1.04 bits per heavy atom. The number of fused-ring (bicyclic) bond motifs is 1. The third kappa shape index (κ3) is 6.98. The summed E-state index contributed by atoms with van der Waals surface area (Å²) in [5, 5.41) is 9.38. The summed E-state index contributed by atoms with van der Waals surface area (Å²) in [6.45, 7) is 4.06. The van der Waals surface area contributed by atoms with Crippen molar-refractivity contribution in [2.75, 3.05) is 31.3 Å². The van der Waals surface area contributed by atoms with Crippen molar-refractivity contribution in [2.24, 2.45) is 7.05 Å². The Bertz CT molecular complexity index is 1870. The van der Waals surface area contributed by atoms with E-state index in [2.05, 4.69) is 30.8 Å². The van der Waals surface area contributed by atoms with Gasteiger partial charge in [-0.1, -0.05) is 35.9 Å². The highest BCUT2D eigenvalue weighted by Crippen LogP contribution is 2.39. The lowest BCUT2D eigenvalue weighted by Gasteiger charge is -2.35. The first-order chi connectivity index (χ1) is 22.9. The zero-order chi connectivity index (χ0) is 34.2. The first kappa shape index (κ1) is 33.7. The van der Waals surface area contributed by atoms with Crippen molar-refractivity contribution in [3.8, 4) is 11.1 Å². The number of rotatable bonds is 10. The Kier molecular flexibility index (Phi) is 9.62. The fraction of sp³-hybridized carbons (Fsp3) is 0.371. The van der Waals surface area contributed by atoms with E-state index < -0.39 is 11.8 Å². The maximum atomic E-state index is 13.4. The number of carbonyl (C=O) groups excluding carboxylic acids is 2. The fourth-order valence-corrected chi connectivity index (χ4v) is 6.56. The van der Waals surface area contributed by atoms with Gasteiger partial charge in [0.2, 0.25) is 0 Å². The molecule has 6 rings (SSSR count). The van der Waals surface area contributed by atoms with Gasteiger partial charge in [-0.3, -0.25) is 14.6 Å². The Labute approximate surface area is 282 Å². The topological polar surface area (TPSA) is 113 Å². The van der Waals surface area contributed by atoms with Crippen LogP contribution in [0.1, 0.15) is 62.0 Å². The molecular weight excluding hydrogens is 640 g/mol. The Balaban J connectivity index is 1.18. The van der Waals surface area contributed by atoms with Crippen LogP contribution in [0.2, 0.25) is 5.02 Å². The molecule has 1 saturated carbocycles. The Morgan fingerprint density at radius 2 is 1.75 bits per heavy atom. The highest BCUT2D eigenvalue weighted by Gasteiger charge is 2.44. The molecule has 0 spiro atoms. The van der Waals surface area contributed by atoms with Gasteiger partial charge in [0.05, 0.1) is 23.0 Å². The number of anilines is 2. The van der Waals surface area contributed by atoms with Crippen molar-refractivity contribution in [2.45, 2.75) is 57.8 Å². The molecule has 1 fully saturated rings. The molecular formula is C35H38ClF2N7O3. The van der Waals surface area contributed by atoms with E-state index in [9.17, 15) is 18.4 Å². The normalized spacial score (nSPS) is 15.9. The monoisotopic (exact) mass is 677 g/mol. The van der Waals surface area contributed by atoms with E-state index in [1.807, 2.05) is 49.9 Å². The van der Waals surface area contributed by atoms with Gasteiger partial charge >= 0.3 is 0 Å². The van der Waals surface area contributed by atoms with Gasteiger partial charge in [0.15, 0.2) is 5.82 Å². The van der Waals surface area contributed by atoms with Crippen molar-refractivity contribution < 1.29 is 23.1 Å². The number of carbonyl (C=O) groups is 2. The summed E-state index contributed by atoms with van der Waals surface area (Å²) in [7, 11) is 5.44. The van der Waals surface area contributed by atoms with Crippen LogP contribution in [-0.4, -0.2) is 63.9 Å². The molecule has 2 amide bonds. The van der Waals surface area contributed by atoms with Gasteiger partial charge < -0.3 is 30.2 Å². The van der Waals surface area contributed by atoms with Gasteiger partial charge in [-0.05, 0) is 54.4 Å². The maximum Gasteiger partial charge on any atom is 0.291 e. The van der Waals surface area contributed by atoms with E-state index in [1.165, 1.54) is 0 Å². The summed E-state index contributed by atoms with van der Waals surface area (Å²) >= 11 is 6.89. The minimum absolute atomic E-state index is 0.187. The van der Waals surface area contributed by atoms with Crippen LogP contribution in [-0.2, 0) is 37.9 Å². The van der Waals surface area contributed by atoms with Crippen molar-refractivity contribution in [1.29, 1.82) is 0 Å². The van der Waals surface area contributed by atoms with Crippen LogP contribution in [0.5, 0.6) is 0 Å². The number of pyridine rings is 1. The standard InChI is InChI=1S/C35H38ClF2N7O3/c1-20-24(25-8-6-10-27(31(25)36)43-34(47)32-41-29-18-44(2)12-11-30(29)45(32)3)7-5-9-26(20)42-33(46)28-13-21(19-48-4)22(17-40-28)16-39-23-14-35(37,38)15-23/h5-10,13,17,23,39H,11-12,14-16,18-19H2,1-4H3,(H,42,46)(H,43,47). The van der Waals surface area contributed by atoms with Crippen LogP contribution in [0.15, 0.2) is 48.7 Å². The summed E-state index contributed by atoms with van der Waals surface area (Å²) < 4.78 is 33.7. The van der Waals surface area contributed by atoms with E-state index in [0.29, 0.717) is 40.9 Å². The van der Waals surface area contributed by atoms with Crippen molar-refractivity contribution in [3.63, 3.8) is 0 Å². The molecule has 1 aliphatic carbocycles. The zero-order valence-corrected chi connectivity index (χ0v) is 28.0. The molecule has 2 aromatic heterocycles. The molecule has 0 saturated heterocycles. The van der Waals surface area contributed by atoms with Crippen LogP contribution in [0.3, 0.4) is 0 Å². The van der Waals surface area contributed by atoms with Crippen molar-refractivity contribution >= 4 is 34.8 Å². The average Bonchev–Trinajstić information content (AvgIpc) is 3.36. The predicted molar refractivity (Wildman–Crippen MR) is 181 cm³/mol.